The zero-order valence-corrected chi connectivity index (χ0v) is 10.6. The van der Waals surface area contributed by atoms with E-state index in [1.54, 1.807) is 0 Å². The Morgan fingerprint density at radius 1 is 1.37 bits per heavy atom. The molecule has 1 aliphatic carbocycles. The van der Waals surface area contributed by atoms with Gasteiger partial charge >= 0.3 is 6.18 Å². The molecule has 0 aliphatic heterocycles. The second-order valence-corrected chi connectivity index (χ2v) is 5.04. The van der Waals surface area contributed by atoms with Crippen LogP contribution in [0.1, 0.15) is 43.4 Å². The highest BCUT2D eigenvalue weighted by atomic mass is 19.4. The maximum atomic E-state index is 12.8. The normalized spacial score (nSPS) is 17.6. The van der Waals surface area contributed by atoms with Gasteiger partial charge in [-0.3, -0.25) is 4.68 Å². The van der Waals surface area contributed by atoms with Crippen molar-refractivity contribution < 1.29 is 18.3 Å². The third kappa shape index (κ3) is 3.11. The highest BCUT2D eigenvalue weighted by molar-refractivity contribution is 5.56. The minimum atomic E-state index is -4.52. The van der Waals surface area contributed by atoms with Crippen molar-refractivity contribution in [3.8, 4) is 0 Å². The van der Waals surface area contributed by atoms with Crippen LogP contribution >= 0.6 is 0 Å². The maximum absolute atomic E-state index is 12.8. The van der Waals surface area contributed by atoms with Gasteiger partial charge in [0.2, 0.25) is 0 Å². The average molecular weight is 274 g/mol. The summed E-state index contributed by atoms with van der Waals surface area (Å²) in [6.07, 6.45) is 1.63. The quantitative estimate of drug-likeness (QED) is 0.846. The lowest BCUT2D eigenvalue weighted by Gasteiger charge is -2.22. The lowest BCUT2D eigenvalue weighted by Crippen LogP contribution is -2.18. The van der Waals surface area contributed by atoms with Crippen molar-refractivity contribution >= 4 is 5.76 Å². The van der Waals surface area contributed by atoms with Gasteiger partial charge in [-0.25, -0.2) is 0 Å². The SMILES string of the molecule is C=C(O)c1c(C(F)(F)F)cnn1CC1CCCCC1. The second kappa shape index (κ2) is 5.27. The molecule has 19 heavy (non-hydrogen) atoms. The van der Waals surface area contributed by atoms with E-state index >= 15 is 0 Å². The molecule has 1 aromatic heterocycles. The van der Waals surface area contributed by atoms with Crippen LogP contribution < -0.4 is 0 Å². The molecule has 0 atom stereocenters. The number of aromatic nitrogens is 2. The molecule has 1 heterocycles. The van der Waals surface area contributed by atoms with Crippen LogP contribution in [0.25, 0.3) is 5.76 Å². The van der Waals surface area contributed by atoms with Crippen molar-refractivity contribution in [3.63, 3.8) is 0 Å². The highest BCUT2D eigenvalue weighted by Gasteiger charge is 2.37. The molecule has 2 rings (SSSR count). The topological polar surface area (TPSA) is 38.1 Å². The molecule has 1 aromatic rings. The molecule has 0 aromatic carbocycles. The van der Waals surface area contributed by atoms with Gasteiger partial charge in [0.15, 0.2) is 0 Å². The van der Waals surface area contributed by atoms with Gasteiger partial charge in [-0.05, 0) is 18.8 Å². The minimum absolute atomic E-state index is 0.307. The molecule has 0 bridgehead atoms. The zero-order chi connectivity index (χ0) is 14.0. The van der Waals surface area contributed by atoms with E-state index in [1.807, 2.05) is 0 Å². The summed E-state index contributed by atoms with van der Waals surface area (Å²) in [6, 6.07) is 0. The van der Waals surface area contributed by atoms with Gasteiger partial charge in [0.1, 0.15) is 17.0 Å². The molecule has 0 amide bonds. The maximum Gasteiger partial charge on any atom is 0.420 e. The average Bonchev–Trinajstić information content (AvgIpc) is 2.74. The fourth-order valence-electron chi connectivity index (χ4n) is 2.65. The highest BCUT2D eigenvalue weighted by Crippen LogP contribution is 2.35. The van der Waals surface area contributed by atoms with Crippen LogP contribution in [0.15, 0.2) is 12.8 Å². The van der Waals surface area contributed by atoms with Gasteiger partial charge < -0.3 is 5.11 Å². The Bertz CT molecular complexity index is 459. The number of aliphatic hydroxyl groups is 1. The van der Waals surface area contributed by atoms with Gasteiger partial charge in [0.25, 0.3) is 0 Å². The minimum Gasteiger partial charge on any atom is -0.506 e. The predicted molar refractivity (Wildman–Crippen MR) is 65.5 cm³/mol. The molecule has 1 N–H and O–H groups in total. The van der Waals surface area contributed by atoms with E-state index < -0.39 is 17.5 Å². The molecule has 1 fully saturated rings. The smallest absolute Gasteiger partial charge is 0.420 e. The lowest BCUT2D eigenvalue weighted by molar-refractivity contribution is -0.138. The molecule has 3 nitrogen and oxygen atoms in total. The van der Waals surface area contributed by atoms with E-state index in [0.29, 0.717) is 12.5 Å². The first kappa shape index (κ1) is 14.0. The molecule has 1 aliphatic rings. The van der Waals surface area contributed by atoms with Gasteiger partial charge in [0.05, 0.1) is 6.20 Å². The number of hydrogen-bond acceptors (Lipinski definition) is 2. The van der Waals surface area contributed by atoms with Crippen LogP contribution in [-0.2, 0) is 12.7 Å². The Labute approximate surface area is 109 Å². The summed E-state index contributed by atoms with van der Waals surface area (Å²) in [5.74, 6) is -0.256. The third-order valence-corrected chi connectivity index (χ3v) is 3.57. The summed E-state index contributed by atoms with van der Waals surface area (Å²) in [6.45, 7) is 3.63. The van der Waals surface area contributed by atoms with Crippen molar-refractivity contribution in [2.45, 2.75) is 44.8 Å². The summed E-state index contributed by atoms with van der Waals surface area (Å²) in [5, 5.41) is 13.2. The van der Waals surface area contributed by atoms with Crippen molar-refractivity contribution in [1.82, 2.24) is 9.78 Å². The monoisotopic (exact) mass is 274 g/mol. The van der Waals surface area contributed by atoms with Gasteiger partial charge in [-0.15, -0.1) is 0 Å². The van der Waals surface area contributed by atoms with E-state index in [4.69, 9.17) is 0 Å². The molecule has 106 valence electrons. The Morgan fingerprint density at radius 3 is 2.53 bits per heavy atom. The summed E-state index contributed by atoms with van der Waals surface area (Å²) in [5.41, 5.74) is -1.23. The van der Waals surface area contributed by atoms with Crippen molar-refractivity contribution in [3.05, 3.63) is 24.0 Å². The van der Waals surface area contributed by atoms with Crippen LogP contribution in [0.3, 0.4) is 0 Å². The number of halogens is 3. The van der Waals surface area contributed by atoms with Crippen molar-refractivity contribution in [2.24, 2.45) is 5.92 Å². The van der Waals surface area contributed by atoms with E-state index in [1.165, 1.54) is 11.1 Å². The molecule has 1 saturated carbocycles. The first-order valence-corrected chi connectivity index (χ1v) is 6.41. The number of hydrogen-bond donors (Lipinski definition) is 1. The van der Waals surface area contributed by atoms with Crippen molar-refractivity contribution in [1.29, 1.82) is 0 Å². The number of aliphatic hydroxyl groups excluding tert-OH is 1. The first-order valence-electron chi connectivity index (χ1n) is 6.41. The molecule has 0 saturated heterocycles. The second-order valence-electron chi connectivity index (χ2n) is 5.04. The van der Waals surface area contributed by atoms with E-state index in [9.17, 15) is 18.3 Å². The fraction of sp³-hybridized carbons (Fsp3) is 0.615. The standard InChI is InChI=1S/C13H17F3N2O/c1-9(19)12-11(13(14,15)16)7-17-18(12)8-10-5-3-2-4-6-10/h7,10,19H,1-6,8H2. The largest absolute Gasteiger partial charge is 0.506 e. The van der Waals surface area contributed by atoms with Gasteiger partial charge in [-0.1, -0.05) is 25.8 Å². The molecular formula is C13H17F3N2O. The molecular weight excluding hydrogens is 257 g/mol. The predicted octanol–water partition coefficient (Wildman–Crippen LogP) is 4.01. The Morgan fingerprint density at radius 2 is 2.00 bits per heavy atom. The number of alkyl halides is 3. The van der Waals surface area contributed by atoms with Crippen LogP contribution in [-0.4, -0.2) is 14.9 Å². The van der Waals surface area contributed by atoms with Gasteiger partial charge in [-0.2, -0.15) is 18.3 Å². The number of rotatable bonds is 3. The van der Waals surface area contributed by atoms with Crippen LogP contribution in [0, 0.1) is 5.92 Å². The fourth-order valence-corrected chi connectivity index (χ4v) is 2.65. The Hall–Kier alpha value is -1.46. The molecule has 0 unspecified atom stereocenters. The van der Waals surface area contributed by atoms with E-state index in [-0.39, 0.29) is 5.69 Å². The summed E-state index contributed by atoms with van der Waals surface area (Å²) in [4.78, 5) is 0. The third-order valence-electron chi connectivity index (χ3n) is 3.57. The Kier molecular flexibility index (Phi) is 3.87. The molecule has 0 spiro atoms. The Balaban J connectivity index is 2.25. The van der Waals surface area contributed by atoms with Crippen LogP contribution in [0.4, 0.5) is 13.2 Å². The zero-order valence-electron chi connectivity index (χ0n) is 10.6. The number of nitrogens with zero attached hydrogens (tertiary/aromatic N) is 2. The molecule has 0 radical (unpaired) electrons. The summed E-state index contributed by atoms with van der Waals surface area (Å²) in [7, 11) is 0. The van der Waals surface area contributed by atoms with E-state index in [2.05, 4.69) is 11.7 Å². The van der Waals surface area contributed by atoms with Crippen LogP contribution in [0.5, 0.6) is 0 Å². The van der Waals surface area contributed by atoms with E-state index in [0.717, 1.165) is 31.9 Å². The lowest BCUT2D eigenvalue weighted by atomic mass is 9.89. The summed E-state index contributed by atoms with van der Waals surface area (Å²) >= 11 is 0. The molecule has 6 heteroatoms. The van der Waals surface area contributed by atoms with Gasteiger partial charge in [0, 0.05) is 6.54 Å². The summed E-state index contributed by atoms with van der Waals surface area (Å²) < 4.78 is 39.6. The van der Waals surface area contributed by atoms with Crippen LogP contribution in [0.2, 0.25) is 0 Å². The van der Waals surface area contributed by atoms with Crippen molar-refractivity contribution in [2.75, 3.05) is 0 Å². The first-order chi connectivity index (χ1) is 8.89.